The van der Waals surface area contributed by atoms with Gasteiger partial charge in [-0.15, -0.1) is 6.42 Å². The van der Waals surface area contributed by atoms with E-state index >= 15 is 0 Å². The normalized spacial score (nSPS) is 17.1. The minimum Gasteiger partial charge on any atom is -0.465 e. The average Bonchev–Trinajstić information content (AvgIpc) is 3.30. The van der Waals surface area contributed by atoms with Gasteiger partial charge in [0.25, 0.3) is 5.91 Å². The maximum atomic E-state index is 13.5. The molecule has 1 atom stereocenters. The number of aliphatic hydroxyl groups is 1. The molecule has 162 valence electrons. The van der Waals surface area contributed by atoms with Gasteiger partial charge in [-0.1, -0.05) is 36.3 Å². The number of imidazole rings is 1. The Bertz CT molecular complexity index is 1500. The standard InChI is InChI=1S/C25H18N4O4/c1-3-15-9-8-14(2)21(12-15)29-22(30)17-6-4-5-7-18(17)25(29,33)16-10-11-19-20(13-16)27-23(26-19)28-24(31)32/h1,4-13,33H,2H3,(H,31,32)(H2,26,27,28). The Morgan fingerprint density at radius 1 is 1.18 bits per heavy atom. The van der Waals surface area contributed by atoms with Crippen LogP contribution >= 0.6 is 0 Å². The number of hydrogen-bond donors (Lipinski definition) is 4. The number of carbonyl (C=O) groups excluding carboxylic acids is 1. The van der Waals surface area contributed by atoms with E-state index in [1.807, 2.05) is 13.0 Å². The topological polar surface area (TPSA) is 119 Å². The van der Waals surface area contributed by atoms with Gasteiger partial charge in [0.1, 0.15) is 0 Å². The van der Waals surface area contributed by atoms with Crippen LogP contribution < -0.4 is 10.2 Å². The van der Waals surface area contributed by atoms with E-state index in [-0.39, 0.29) is 11.9 Å². The molecule has 0 saturated carbocycles. The fourth-order valence-corrected chi connectivity index (χ4v) is 4.25. The molecule has 0 aliphatic carbocycles. The van der Waals surface area contributed by atoms with Gasteiger partial charge in [-0.3, -0.25) is 15.0 Å². The second-order valence-electron chi connectivity index (χ2n) is 7.75. The molecule has 1 unspecified atom stereocenters. The van der Waals surface area contributed by atoms with Gasteiger partial charge in [0.2, 0.25) is 5.95 Å². The van der Waals surface area contributed by atoms with Gasteiger partial charge in [0.15, 0.2) is 5.72 Å². The maximum Gasteiger partial charge on any atom is 0.411 e. The Hall–Kier alpha value is -4.61. The molecule has 0 fully saturated rings. The van der Waals surface area contributed by atoms with Crippen LogP contribution in [0.25, 0.3) is 11.0 Å². The fraction of sp³-hybridized carbons (Fsp3) is 0.0800. The first-order valence-electron chi connectivity index (χ1n) is 10.1. The molecule has 0 saturated heterocycles. The molecule has 5 rings (SSSR count). The first-order valence-corrected chi connectivity index (χ1v) is 10.1. The van der Waals surface area contributed by atoms with Gasteiger partial charge in [-0.25, -0.2) is 9.78 Å². The van der Waals surface area contributed by atoms with Crippen molar-refractivity contribution in [2.24, 2.45) is 0 Å². The number of fused-ring (bicyclic) bond motifs is 2. The first kappa shape index (κ1) is 20.3. The summed E-state index contributed by atoms with van der Waals surface area (Å²) in [5.74, 6) is 2.27. The highest BCUT2D eigenvalue weighted by Crippen LogP contribution is 2.46. The third-order valence-electron chi connectivity index (χ3n) is 5.79. The lowest BCUT2D eigenvalue weighted by Crippen LogP contribution is -2.45. The van der Waals surface area contributed by atoms with E-state index in [0.717, 1.165) is 5.56 Å². The lowest BCUT2D eigenvalue weighted by molar-refractivity contribution is 0.0703. The average molecular weight is 438 g/mol. The Labute approximate surface area is 188 Å². The quantitative estimate of drug-likeness (QED) is 0.363. The van der Waals surface area contributed by atoms with E-state index in [4.69, 9.17) is 11.5 Å². The van der Waals surface area contributed by atoms with Crippen LogP contribution in [0.2, 0.25) is 0 Å². The third kappa shape index (κ3) is 3.03. The van der Waals surface area contributed by atoms with Crippen LogP contribution in [0, 0.1) is 19.3 Å². The Morgan fingerprint density at radius 3 is 2.73 bits per heavy atom. The zero-order valence-corrected chi connectivity index (χ0v) is 17.5. The highest BCUT2D eigenvalue weighted by atomic mass is 16.4. The second-order valence-corrected chi connectivity index (χ2v) is 7.75. The van der Waals surface area contributed by atoms with E-state index in [1.54, 1.807) is 54.6 Å². The number of aryl methyl sites for hydroxylation is 1. The number of aromatic nitrogens is 2. The molecule has 1 aliphatic rings. The van der Waals surface area contributed by atoms with E-state index in [1.165, 1.54) is 4.90 Å². The Kier molecular flexibility index (Phi) is 4.44. The van der Waals surface area contributed by atoms with Crippen molar-refractivity contribution in [1.82, 2.24) is 9.97 Å². The van der Waals surface area contributed by atoms with Crippen LogP contribution in [-0.4, -0.2) is 32.2 Å². The molecule has 33 heavy (non-hydrogen) atoms. The number of terminal acetylenes is 1. The van der Waals surface area contributed by atoms with Gasteiger partial charge in [-0.2, -0.15) is 0 Å². The SMILES string of the molecule is C#Cc1ccc(C)c(N2C(=O)c3ccccc3C2(O)c2ccc3[nH]c(NC(=O)O)nc3c2)c1. The second kappa shape index (κ2) is 7.22. The number of carbonyl (C=O) groups is 2. The van der Waals surface area contributed by atoms with Crippen molar-refractivity contribution in [1.29, 1.82) is 0 Å². The predicted molar refractivity (Wildman–Crippen MR) is 123 cm³/mol. The van der Waals surface area contributed by atoms with E-state index < -0.39 is 11.8 Å². The number of H-pyrrole nitrogens is 1. The third-order valence-corrected chi connectivity index (χ3v) is 5.79. The smallest absolute Gasteiger partial charge is 0.411 e. The molecule has 2 heterocycles. The molecule has 1 aromatic heterocycles. The zero-order valence-electron chi connectivity index (χ0n) is 17.5. The van der Waals surface area contributed by atoms with Crippen molar-refractivity contribution in [3.05, 3.63) is 88.5 Å². The molecule has 2 amide bonds. The number of aromatic amines is 1. The van der Waals surface area contributed by atoms with Crippen molar-refractivity contribution in [2.75, 3.05) is 10.2 Å². The maximum absolute atomic E-state index is 13.5. The highest BCUT2D eigenvalue weighted by Gasteiger charge is 2.51. The van der Waals surface area contributed by atoms with Crippen LogP contribution in [-0.2, 0) is 5.72 Å². The largest absolute Gasteiger partial charge is 0.465 e. The van der Waals surface area contributed by atoms with Crippen LogP contribution in [0.5, 0.6) is 0 Å². The van der Waals surface area contributed by atoms with E-state index in [9.17, 15) is 14.7 Å². The van der Waals surface area contributed by atoms with Gasteiger partial charge in [0.05, 0.1) is 16.7 Å². The van der Waals surface area contributed by atoms with Crippen molar-refractivity contribution in [2.45, 2.75) is 12.6 Å². The molecule has 8 heteroatoms. The summed E-state index contributed by atoms with van der Waals surface area (Å²) in [7, 11) is 0. The van der Waals surface area contributed by atoms with Crippen molar-refractivity contribution in [3.63, 3.8) is 0 Å². The number of benzene rings is 3. The van der Waals surface area contributed by atoms with E-state index in [2.05, 4.69) is 21.2 Å². The number of nitrogens with zero attached hydrogens (tertiary/aromatic N) is 2. The summed E-state index contributed by atoms with van der Waals surface area (Å²) in [6.07, 6.45) is 4.34. The van der Waals surface area contributed by atoms with E-state index in [0.29, 0.717) is 39.0 Å². The molecular formula is C25H18N4O4. The van der Waals surface area contributed by atoms with Gasteiger partial charge < -0.3 is 15.2 Å². The molecule has 4 N–H and O–H groups in total. The van der Waals surface area contributed by atoms with Crippen LogP contribution in [0.1, 0.15) is 32.6 Å². The van der Waals surface area contributed by atoms with Crippen molar-refractivity contribution >= 4 is 34.7 Å². The molecule has 1 aliphatic heterocycles. The Balaban J connectivity index is 1.74. The summed E-state index contributed by atoms with van der Waals surface area (Å²) in [6, 6.07) is 17.1. The zero-order chi connectivity index (χ0) is 23.3. The minimum absolute atomic E-state index is 0.0546. The molecule has 4 aromatic rings. The summed E-state index contributed by atoms with van der Waals surface area (Å²) in [6.45, 7) is 1.84. The summed E-state index contributed by atoms with van der Waals surface area (Å²) in [4.78, 5) is 33.0. The predicted octanol–water partition coefficient (Wildman–Crippen LogP) is 3.80. The molecule has 3 aromatic carbocycles. The molecule has 0 spiro atoms. The monoisotopic (exact) mass is 438 g/mol. The molecular weight excluding hydrogens is 420 g/mol. The minimum atomic E-state index is -1.83. The number of carboxylic acid groups (broad SMARTS) is 1. The molecule has 0 radical (unpaired) electrons. The summed E-state index contributed by atoms with van der Waals surface area (Å²) in [5, 5.41) is 23.3. The number of amides is 2. The van der Waals surface area contributed by atoms with Crippen molar-refractivity contribution < 1.29 is 19.8 Å². The summed E-state index contributed by atoms with van der Waals surface area (Å²) >= 11 is 0. The van der Waals surface area contributed by atoms with Crippen molar-refractivity contribution in [3.8, 4) is 12.3 Å². The van der Waals surface area contributed by atoms with Crippen LogP contribution in [0.3, 0.4) is 0 Å². The van der Waals surface area contributed by atoms with Crippen LogP contribution in [0.4, 0.5) is 16.4 Å². The van der Waals surface area contributed by atoms with Crippen LogP contribution in [0.15, 0.2) is 60.7 Å². The number of hydrogen-bond acceptors (Lipinski definition) is 4. The molecule has 0 bridgehead atoms. The first-order chi connectivity index (χ1) is 15.8. The Morgan fingerprint density at radius 2 is 1.97 bits per heavy atom. The van der Waals surface area contributed by atoms with Gasteiger partial charge >= 0.3 is 6.09 Å². The number of anilines is 2. The molecule has 8 nitrogen and oxygen atoms in total. The lowest BCUT2D eigenvalue weighted by Gasteiger charge is -2.35. The van der Waals surface area contributed by atoms with Gasteiger partial charge in [0, 0.05) is 22.3 Å². The lowest BCUT2D eigenvalue weighted by atomic mass is 9.93. The summed E-state index contributed by atoms with van der Waals surface area (Å²) < 4.78 is 0. The summed E-state index contributed by atoms with van der Waals surface area (Å²) in [5.41, 5.74) is 2.20. The number of rotatable bonds is 3. The fourth-order valence-electron chi connectivity index (χ4n) is 4.25. The van der Waals surface area contributed by atoms with Gasteiger partial charge in [-0.05, 0) is 42.8 Å². The highest BCUT2D eigenvalue weighted by molar-refractivity contribution is 6.13. The number of nitrogens with one attached hydrogen (secondary N) is 2.